The number of fused-ring (bicyclic) bond motifs is 1. The van der Waals surface area contributed by atoms with E-state index in [1.54, 1.807) is 18.0 Å². The standard InChI is InChI=1S/C18H15NOS/c1-13-6-2-3-10-18(13)21-12-17(20)15-7-4-9-16-14(15)8-5-11-19-16/h2-11H,12H2,1H3. The van der Waals surface area contributed by atoms with Crippen LogP contribution in [-0.2, 0) is 0 Å². The first-order chi connectivity index (χ1) is 10.3. The maximum absolute atomic E-state index is 12.5. The van der Waals surface area contributed by atoms with Gasteiger partial charge in [0.2, 0.25) is 0 Å². The number of aryl methyl sites for hydroxylation is 1. The lowest BCUT2D eigenvalue weighted by molar-refractivity contribution is 0.102. The Labute approximate surface area is 128 Å². The molecule has 0 aliphatic rings. The molecule has 0 spiro atoms. The second-order valence-electron chi connectivity index (χ2n) is 4.85. The monoisotopic (exact) mass is 293 g/mol. The van der Waals surface area contributed by atoms with Crippen molar-refractivity contribution >= 4 is 28.4 Å². The Morgan fingerprint density at radius 2 is 1.90 bits per heavy atom. The molecule has 3 aromatic rings. The summed E-state index contributed by atoms with van der Waals surface area (Å²) in [5, 5.41) is 0.926. The third-order valence-corrected chi connectivity index (χ3v) is 4.57. The van der Waals surface area contributed by atoms with Gasteiger partial charge < -0.3 is 0 Å². The van der Waals surface area contributed by atoms with Gasteiger partial charge in [-0.3, -0.25) is 9.78 Å². The highest BCUT2D eigenvalue weighted by molar-refractivity contribution is 8.00. The first-order valence-electron chi connectivity index (χ1n) is 6.81. The largest absolute Gasteiger partial charge is 0.293 e. The summed E-state index contributed by atoms with van der Waals surface area (Å²) in [5.41, 5.74) is 2.82. The zero-order valence-electron chi connectivity index (χ0n) is 11.7. The summed E-state index contributed by atoms with van der Waals surface area (Å²) in [6.45, 7) is 2.06. The quantitative estimate of drug-likeness (QED) is 0.523. The average Bonchev–Trinajstić information content (AvgIpc) is 2.53. The molecule has 0 radical (unpaired) electrons. The SMILES string of the molecule is Cc1ccccc1SCC(=O)c1cccc2ncccc12. The summed E-state index contributed by atoms with van der Waals surface area (Å²) in [4.78, 5) is 17.9. The third kappa shape index (κ3) is 2.98. The molecule has 3 heteroatoms. The number of benzene rings is 2. The second-order valence-corrected chi connectivity index (χ2v) is 5.87. The lowest BCUT2D eigenvalue weighted by Crippen LogP contribution is -2.03. The van der Waals surface area contributed by atoms with E-state index in [9.17, 15) is 4.79 Å². The highest BCUT2D eigenvalue weighted by Crippen LogP contribution is 2.24. The molecular formula is C18H15NOS. The van der Waals surface area contributed by atoms with Crippen molar-refractivity contribution in [2.75, 3.05) is 5.75 Å². The summed E-state index contributed by atoms with van der Waals surface area (Å²) >= 11 is 1.59. The van der Waals surface area contributed by atoms with E-state index in [-0.39, 0.29) is 5.78 Å². The van der Waals surface area contributed by atoms with Gasteiger partial charge in [-0.25, -0.2) is 0 Å². The molecule has 0 aliphatic heterocycles. The minimum absolute atomic E-state index is 0.141. The zero-order chi connectivity index (χ0) is 14.7. The topological polar surface area (TPSA) is 30.0 Å². The average molecular weight is 293 g/mol. The van der Waals surface area contributed by atoms with Crippen molar-refractivity contribution in [3.05, 3.63) is 71.9 Å². The van der Waals surface area contributed by atoms with Crippen LogP contribution in [0.15, 0.2) is 65.7 Å². The van der Waals surface area contributed by atoms with Crippen LogP contribution in [0.25, 0.3) is 10.9 Å². The fourth-order valence-corrected chi connectivity index (χ4v) is 3.20. The van der Waals surface area contributed by atoms with E-state index in [2.05, 4.69) is 24.0 Å². The Bertz CT molecular complexity index is 793. The number of rotatable bonds is 4. The van der Waals surface area contributed by atoms with Crippen LogP contribution in [-0.4, -0.2) is 16.5 Å². The van der Waals surface area contributed by atoms with Crippen molar-refractivity contribution in [2.24, 2.45) is 0 Å². The van der Waals surface area contributed by atoms with Gasteiger partial charge in [0.1, 0.15) is 0 Å². The number of Topliss-reactive ketones (excluding diaryl/α,β-unsaturated/α-hetero) is 1. The number of pyridine rings is 1. The molecule has 1 aromatic heterocycles. The molecule has 3 rings (SSSR count). The Morgan fingerprint density at radius 3 is 2.76 bits per heavy atom. The van der Waals surface area contributed by atoms with E-state index >= 15 is 0 Å². The van der Waals surface area contributed by atoms with E-state index < -0.39 is 0 Å². The molecule has 0 aliphatic carbocycles. The van der Waals surface area contributed by atoms with Crippen LogP contribution in [0.4, 0.5) is 0 Å². The number of hydrogen-bond acceptors (Lipinski definition) is 3. The minimum Gasteiger partial charge on any atom is -0.293 e. The Morgan fingerprint density at radius 1 is 1.05 bits per heavy atom. The fraction of sp³-hybridized carbons (Fsp3) is 0.111. The van der Waals surface area contributed by atoms with E-state index in [0.717, 1.165) is 21.4 Å². The van der Waals surface area contributed by atoms with Crippen molar-refractivity contribution in [3.63, 3.8) is 0 Å². The molecule has 21 heavy (non-hydrogen) atoms. The Hall–Kier alpha value is -2.13. The maximum atomic E-state index is 12.5. The summed E-state index contributed by atoms with van der Waals surface area (Å²) < 4.78 is 0. The van der Waals surface area contributed by atoms with E-state index in [0.29, 0.717) is 5.75 Å². The maximum Gasteiger partial charge on any atom is 0.173 e. The van der Waals surface area contributed by atoms with Crippen molar-refractivity contribution in [1.82, 2.24) is 4.98 Å². The van der Waals surface area contributed by atoms with Crippen LogP contribution in [0.3, 0.4) is 0 Å². The van der Waals surface area contributed by atoms with E-state index in [1.807, 2.05) is 42.5 Å². The number of hydrogen-bond donors (Lipinski definition) is 0. The van der Waals surface area contributed by atoms with Gasteiger partial charge in [-0.2, -0.15) is 0 Å². The molecule has 1 heterocycles. The third-order valence-electron chi connectivity index (χ3n) is 3.40. The molecule has 0 amide bonds. The normalized spacial score (nSPS) is 10.7. The number of nitrogens with zero attached hydrogens (tertiary/aromatic N) is 1. The van der Waals surface area contributed by atoms with Crippen LogP contribution < -0.4 is 0 Å². The van der Waals surface area contributed by atoms with Crippen molar-refractivity contribution < 1.29 is 4.79 Å². The van der Waals surface area contributed by atoms with Gasteiger partial charge in [0.05, 0.1) is 11.3 Å². The molecule has 0 bridgehead atoms. The van der Waals surface area contributed by atoms with Gasteiger partial charge in [0, 0.05) is 22.0 Å². The van der Waals surface area contributed by atoms with E-state index in [1.165, 1.54) is 5.56 Å². The molecule has 0 atom stereocenters. The predicted molar refractivity (Wildman–Crippen MR) is 88.0 cm³/mol. The van der Waals surface area contributed by atoms with Gasteiger partial charge in [0.25, 0.3) is 0 Å². The van der Waals surface area contributed by atoms with Gasteiger partial charge in [-0.05, 0) is 30.7 Å². The first-order valence-corrected chi connectivity index (χ1v) is 7.79. The summed E-state index contributed by atoms with van der Waals surface area (Å²) in [5.74, 6) is 0.584. The molecule has 0 N–H and O–H groups in total. The van der Waals surface area contributed by atoms with Gasteiger partial charge in [-0.1, -0.05) is 36.4 Å². The van der Waals surface area contributed by atoms with Gasteiger partial charge >= 0.3 is 0 Å². The summed E-state index contributed by atoms with van der Waals surface area (Å²) in [7, 11) is 0. The molecule has 0 fully saturated rings. The number of ketones is 1. The highest BCUT2D eigenvalue weighted by Gasteiger charge is 2.11. The number of carbonyl (C=O) groups excluding carboxylic acids is 1. The Balaban J connectivity index is 1.83. The Kier molecular flexibility index (Phi) is 4.02. The second kappa shape index (κ2) is 6.10. The lowest BCUT2D eigenvalue weighted by Gasteiger charge is -2.07. The smallest absolute Gasteiger partial charge is 0.173 e. The fourth-order valence-electron chi connectivity index (χ4n) is 2.29. The molecule has 104 valence electrons. The van der Waals surface area contributed by atoms with Crippen molar-refractivity contribution in [2.45, 2.75) is 11.8 Å². The molecule has 2 aromatic carbocycles. The summed E-state index contributed by atoms with van der Waals surface area (Å²) in [6, 6.07) is 17.7. The van der Waals surface area contributed by atoms with Crippen LogP contribution in [0, 0.1) is 6.92 Å². The molecule has 0 unspecified atom stereocenters. The van der Waals surface area contributed by atoms with Crippen LogP contribution in [0.1, 0.15) is 15.9 Å². The van der Waals surface area contributed by atoms with Crippen LogP contribution in [0.5, 0.6) is 0 Å². The zero-order valence-corrected chi connectivity index (χ0v) is 12.6. The number of thioether (sulfide) groups is 1. The first kappa shape index (κ1) is 13.8. The predicted octanol–water partition coefficient (Wildman–Crippen LogP) is 4.52. The summed E-state index contributed by atoms with van der Waals surface area (Å²) in [6.07, 6.45) is 1.75. The highest BCUT2D eigenvalue weighted by atomic mass is 32.2. The van der Waals surface area contributed by atoms with Gasteiger partial charge in [-0.15, -0.1) is 11.8 Å². The molecule has 2 nitrogen and oxygen atoms in total. The van der Waals surface area contributed by atoms with Crippen LogP contribution >= 0.6 is 11.8 Å². The minimum atomic E-state index is 0.141. The van der Waals surface area contributed by atoms with Crippen LogP contribution in [0.2, 0.25) is 0 Å². The van der Waals surface area contributed by atoms with Crippen molar-refractivity contribution in [1.29, 1.82) is 0 Å². The molecule has 0 saturated carbocycles. The van der Waals surface area contributed by atoms with E-state index in [4.69, 9.17) is 0 Å². The number of aromatic nitrogens is 1. The lowest BCUT2D eigenvalue weighted by atomic mass is 10.1. The van der Waals surface area contributed by atoms with Crippen molar-refractivity contribution in [3.8, 4) is 0 Å². The molecular weight excluding hydrogens is 278 g/mol. The molecule has 0 saturated heterocycles. The number of carbonyl (C=O) groups is 1. The van der Waals surface area contributed by atoms with Gasteiger partial charge in [0.15, 0.2) is 5.78 Å².